The molecule has 0 amide bonds. The van der Waals surface area contributed by atoms with E-state index in [0.29, 0.717) is 24.5 Å². The number of nitrogens with zero attached hydrogens (tertiary/aromatic N) is 3. The third-order valence-electron chi connectivity index (χ3n) is 3.70. The Balaban J connectivity index is 2.42. The van der Waals surface area contributed by atoms with E-state index >= 15 is 0 Å². The van der Waals surface area contributed by atoms with E-state index in [1.54, 1.807) is 25.6 Å². The standard InChI is InChI=1S/C11H20N4O3S/c1-7-11(8(2)14(3)13-7)19(17,18)15(4)9-5-12-6-10(9)16/h9-10,12,16H,5-6H2,1-4H3/t9-,10-/m0/s1. The first-order valence-electron chi connectivity index (χ1n) is 6.14. The summed E-state index contributed by atoms with van der Waals surface area (Å²) in [7, 11) is -0.428. The lowest BCUT2D eigenvalue weighted by molar-refractivity contribution is 0.136. The number of sulfonamides is 1. The Hall–Kier alpha value is -0.960. The van der Waals surface area contributed by atoms with E-state index < -0.39 is 22.2 Å². The van der Waals surface area contributed by atoms with Gasteiger partial charge in [0.1, 0.15) is 4.90 Å². The molecule has 19 heavy (non-hydrogen) atoms. The predicted octanol–water partition coefficient (Wildman–Crippen LogP) is -1.01. The van der Waals surface area contributed by atoms with Gasteiger partial charge < -0.3 is 10.4 Å². The second kappa shape index (κ2) is 4.86. The van der Waals surface area contributed by atoms with Crippen molar-refractivity contribution in [1.29, 1.82) is 0 Å². The minimum absolute atomic E-state index is 0.233. The summed E-state index contributed by atoms with van der Waals surface area (Å²) in [5.41, 5.74) is 1.08. The molecule has 1 saturated heterocycles. The Morgan fingerprint density at radius 2 is 2.05 bits per heavy atom. The Kier molecular flexibility index (Phi) is 3.69. The number of aryl methyl sites for hydroxylation is 2. The molecule has 1 aromatic heterocycles. The molecule has 1 fully saturated rings. The van der Waals surface area contributed by atoms with E-state index in [1.807, 2.05) is 0 Å². The molecule has 108 valence electrons. The van der Waals surface area contributed by atoms with E-state index in [-0.39, 0.29) is 4.90 Å². The molecule has 8 heteroatoms. The van der Waals surface area contributed by atoms with Crippen LogP contribution in [0.15, 0.2) is 4.90 Å². The zero-order valence-corrected chi connectivity index (χ0v) is 12.4. The zero-order chi connectivity index (χ0) is 14.4. The Labute approximate surface area is 113 Å². The quantitative estimate of drug-likeness (QED) is 0.744. The van der Waals surface area contributed by atoms with Gasteiger partial charge >= 0.3 is 0 Å². The van der Waals surface area contributed by atoms with Crippen LogP contribution in [-0.4, -0.2) is 59.9 Å². The van der Waals surface area contributed by atoms with Gasteiger partial charge in [0.05, 0.1) is 23.5 Å². The summed E-state index contributed by atoms with van der Waals surface area (Å²) in [6.07, 6.45) is -0.683. The second-order valence-electron chi connectivity index (χ2n) is 4.94. The minimum Gasteiger partial charge on any atom is -0.390 e. The lowest BCUT2D eigenvalue weighted by Gasteiger charge is -2.25. The van der Waals surface area contributed by atoms with Crippen molar-refractivity contribution in [1.82, 2.24) is 19.4 Å². The smallest absolute Gasteiger partial charge is 0.246 e. The topological polar surface area (TPSA) is 87.5 Å². The third-order valence-corrected chi connectivity index (χ3v) is 5.83. The second-order valence-corrected chi connectivity index (χ2v) is 6.87. The van der Waals surface area contributed by atoms with Gasteiger partial charge in [0.25, 0.3) is 0 Å². The third kappa shape index (κ3) is 2.29. The van der Waals surface area contributed by atoms with Crippen LogP contribution < -0.4 is 5.32 Å². The van der Waals surface area contributed by atoms with E-state index in [4.69, 9.17) is 0 Å². The van der Waals surface area contributed by atoms with Crippen LogP contribution >= 0.6 is 0 Å². The normalized spacial score (nSPS) is 24.3. The molecule has 0 aliphatic carbocycles. The van der Waals surface area contributed by atoms with Crippen LogP contribution in [0.1, 0.15) is 11.4 Å². The molecule has 2 N–H and O–H groups in total. The Bertz CT molecular complexity index is 581. The molecule has 2 heterocycles. The molecule has 0 radical (unpaired) electrons. The SMILES string of the molecule is Cc1nn(C)c(C)c1S(=O)(=O)N(C)[C@H]1CNC[C@@H]1O. The number of likely N-dealkylation sites (N-methyl/N-ethyl adjacent to an activating group) is 1. The minimum atomic E-state index is -3.65. The maximum absolute atomic E-state index is 12.7. The average Bonchev–Trinajstić information content (AvgIpc) is 2.83. The van der Waals surface area contributed by atoms with E-state index in [9.17, 15) is 13.5 Å². The van der Waals surface area contributed by atoms with Gasteiger partial charge in [0.15, 0.2) is 0 Å². The number of hydrogen-bond acceptors (Lipinski definition) is 5. The van der Waals surface area contributed by atoms with Crippen molar-refractivity contribution in [2.24, 2.45) is 7.05 Å². The van der Waals surface area contributed by atoms with Crippen LogP contribution in [-0.2, 0) is 17.1 Å². The summed E-state index contributed by atoms with van der Waals surface area (Å²) >= 11 is 0. The summed E-state index contributed by atoms with van der Waals surface area (Å²) in [5.74, 6) is 0. The summed E-state index contributed by atoms with van der Waals surface area (Å²) in [4.78, 5) is 0.233. The molecule has 2 rings (SSSR count). The molecular formula is C11H20N4O3S. The zero-order valence-electron chi connectivity index (χ0n) is 11.6. The first-order valence-corrected chi connectivity index (χ1v) is 7.58. The van der Waals surface area contributed by atoms with Gasteiger partial charge in [-0.05, 0) is 13.8 Å². The fourth-order valence-electron chi connectivity index (χ4n) is 2.47. The molecule has 7 nitrogen and oxygen atoms in total. The fraction of sp³-hybridized carbons (Fsp3) is 0.727. The monoisotopic (exact) mass is 288 g/mol. The van der Waals surface area contributed by atoms with Crippen molar-refractivity contribution in [3.8, 4) is 0 Å². The molecular weight excluding hydrogens is 268 g/mol. The number of aromatic nitrogens is 2. The summed E-state index contributed by atoms with van der Waals surface area (Å²) in [5, 5.41) is 16.9. The molecule has 2 atom stereocenters. The Morgan fingerprint density at radius 3 is 2.47 bits per heavy atom. The molecule has 0 aromatic carbocycles. The molecule has 0 unspecified atom stereocenters. The van der Waals surface area contributed by atoms with Crippen molar-refractivity contribution < 1.29 is 13.5 Å². The lowest BCUT2D eigenvalue weighted by Crippen LogP contribution is -2.44. The van der Waals surface area contributed by atoms with E-state index in [2.05, 4.69) is 10.4 Å². The highest BCUT2D eigenvalue weighted by atomic mass is 32.2. The van der Waals surface area contributed by atoms with E-state index in [1.165, 1.54) is 11.4 Å². The van der Waals surface area contributed by atoms with Crippen molar-refractivity contribution >= 4 is 10.0 Å². The van der Waals surface area contributed by atoms with E-state index in [0.717, 1.165) is 0 Å². The number of β-amino-alcohol motifs (C(OH)–C–C–N with tert-alkyl or cyclic N) is 1. The summed E-state index contributed by atoms with van der Waals surface area (Å²) in [6, 6.07) is -0.441. The highest BCUT2D eigenvalue weighted by molar-refractivity contribution is 7.89. The van der Waals surface area contributed by atoms with Crippen molar-refractivity contribution in [3.63, 3.8) is 0 Å². The molecule has 0 saturated carbocycles. The van der Waals surface area contributed by atoms with Crippen molar-refractivity contribution in [2.45, 2.75) is 30.9 Å². The van der Waals surface area contributed by atoms with Gasteiger partial charge in [0, 0.05) is 27.2 Å². The van der Waals surface area contributed by atoms with Gasteiger partial charge in [-0.2, -0.15) is 9.40 Å². The van der Waals surface area contributed by atoms with Gasteiger partial charge in [-0.3, -0.25) is 4.68 Å². The van der Waals surface area contributed by atoms with Gasteiger partial charge in [0.2, 0.25) is 10.0 Å². The Morgan fingerprint density at radius 1 is 1.42 bits per heavy atom. The number of aliphatic hydroxyl groups is 1. The van der Waals surface area contributed by atoms with Gasteiger partial charge in [-0.1, -0.05) is 0 Å². The highest BCUT2D eigenvalue weighted by Gasteiger charge is 2.38. The highest BCUT2D eigenvalue weighted by Crippen LogP contribution is 2.24. The maximum atomic E-state index is 12.7. The predicted molar refractivity (Wildman–Crippen MR) is 70.3 cm³/mol. The van der Waals surface area contributed by atoms with Crippen molar-refractivity contribution in [3.05, 3.63) is 11.4 Å². The van der Waals surface area contributed by atoms with Crippen LogP contribution in [0.4, 0.5) is 0 Å². The number of aliphatic hydroxyl groups excluding tert-OH is 1. The van der Waals surface area contributed by atoms with Crippen LogP contribution in [0.3, 0.4) is 0 Å². The van der Waals surface area contributed by atoms with Crippen LogP contribution in [0.2, 0.25) is 0 Å². The first kappa shape index (κ1) is 14.4. The fourth-order valence-corrected chi connectivity index (χ4v) is 4.25. The maximum Gasteiger partial charge on any atom is 0.246 e. The number of hydrogen-bond donors (Lipinski definition) is 2. The van der Waals surface area contributed by atoms with Crippen LogP contribution in [0.5, 0.6) is 0 Å². The molecule has 0 bridgehead atoms. The van der Waals surface area contributed by atoms with Gasteiger partial charge in [-0.15, -0.1) is 0 Å². The van der Waals surface area contributed by atoms with Crippen LogP contribution in [0, 0.1) is 13.8 Å². The number of rotatable bonds is 3. The molecule has 0 spiro atoms. The van der Waals surface area contributed by atoms with Crippen LogP contribution in [0.25, 0.3) is 0 Å². The molecule has 1 aliphatic rings. The first-order chi connectivity index (χ1) is 8.76. The summed E-state index contributed by atoms with van der Waals surface area (Å²) < 4.78 is 28.1. The number of nitrogens with one attached hydrogen (secondary N) is 1. The molecule has 1 aromatic rings. The van der Waals surface area contributed by atoms with Gasteiger partial charge in [-0.25, -0.2) is 8.42 Å². The summed E-state index contributed by atoms with van der Waals surface area (Å²) in [6.45, 7) is 4.27. The molecule has 1 aliphatic heterocycles. The largest absolute Gasteiger partial charge is 0.390 e. The lowest BCUT2D eigenvalue weighted by atomic mass is 10.2. The average molecular weight is 288 g/mol. The van der Waals surface area contributed by atoms with Crippen molar-refractivity contribution in [2.75, 3.05) is 20.1 Å².